The maximum absolute atomic E-state index is 5.12. The Kier molecular flexibility index (Phi) is 2.29. The number of furan rings is 1. The van der Waals surface area contributed by atoms with Crippen molar-refractivity contribution in [2.24, 2.45) is 0 Å². The van der Waals surface area contributed by atoms with Crippen LogP contribution in [-0.2, 0) is 6.42 Å². The topological polar surface area (TPSA) is 25.2 Å². The molecule has 0 spiro atoms. The molecule has 3 rings (SSSR count). The van der Waals surface area contributed by atoms with Crippen LogP contribution >= 0.6 is 0 Å². The molecule has 1 aromatic carbocycles. The van der Waals surface area contributed by atoms with Gasteiger partial charge in [0.1, 0.15) is 0 Å². The zero-order valence-corrected chi connectivity index (χ0v) is 9.36. The van der Waals surface area contributed by atoms with E-state index in [4.69, 9.17) is 4.42 Å². The fourth-order valence-electron chi connectivity index (χ4n) is 2.37. The van der Waals surface area contributed by atoms with Crippen LogP contribution in [0.4, 0.5) is 0 Å². The molecule has 2 aromatic rings. The quantitative estimate of drug-likeness (QED) is 0.787. The van der Waals surface area contributed by atoms with Gasteiger partial charge in [-0.05, 0) is 48.7 Å². The normalized spacial score (nSPS) is 19.4. The lowest BCUT2D eigenvalue weighted by atomic mass is 9.92. The fraction of sp³-hybridized carbons (Fsp3) is 0.286. The third-order valence-corrected chi connectivity index (χ3v) is 3.31. The Morgan fingerprint density at radius 1 is 1.25 bits per heavy atom. The van der Waals surface area contributed by atoms with E-state index in [2.05, 4.69) is 30.4 Å². The van der Waals surface area contributed by atoms with Gasteiger partial charge in [-0.15, -0.1) is 0 Å². The molecule has 1 atom stereocenters. The SMILES string of the molecule is CC1NCCc2ccc(-c3ccoc3)cc21. The van der Waals surface area contributed by atoms with Gasteiger partial charge in [-0.25, -0.2) is 0 Å². The average molecular weight is 213 g/mol. The number of benzene rings is 1. The summed E-state index contributed by atoms with van der Waals surface area (Å²) in [7, 11) is 0. The van der Waals surface area contributed by atoms with Crippen molar-refractivity contribution < 1.29 is 4.42 Å². The number of fused-ring (bicyclic) bond motifs is 1. The van der Waals surface area contributed by atoms with Crippen molar-refractivity contribution in [3.63, 3.8) is 0 Å². The van der Waals surface area contributed by atoms with E-state index in [0.717, 1.165) is 18.5 Å². The highest BCUT2D eigenvalue weighted by atomic mass is 16.3. The molecule has 2 heteroatoms. The Hall–Kier alpha value is -1.54. The third kappa shape index (κ3) is 1.55. The van der Waals surface area contributed by atoms with E-state index in [9.17, 15) is 0 Å². The summed E-state index contributed by atoms with van der Waals surface area (Å²) in [5.41, 5.74) is 5.28. The molecule has 2 heterocycles. The molecule has 0 amide bonds. The van der Waals surface area contributed by atoms with E-state index in [0.29, 0.717) is 6.04 Å². The lowest BCUT2D eigenvalue weighted by molar-refractivity contribution is 0.541. The zero-order valence-electron chi connectivity index (χ0n) is 9.36. The van der Waals surface area contributed by atoms with Crippen molar-refractivity contribution in [1.29, 1.82) is 0 Å². The second-order valence-electron chi connectivity index (χ2n) is 4.35. The van der Waals surface area contributed by atoms with Gasteiger partial charge in [0.05, 0.1) is 12.5 Å². The van der Waals surface area contributed by atoms with E-state index in [-0.39, 0.29) is 0 Å². The molecule has 0 radical (unpaired) electrons. The summed E-state index contributed by atoms with van der Waals surface area (Å²) < 4.78 is 5.12. The van der Waals surface area contributed by atoms with Crippen LogP contribution in [0, 0.1) is 0 Å². The maximum atomic E-state index is 5.12. The summed E-state index contributed by atoms with van der Waals surface area (Å²) in [6, 6.07) is 9.16. The second-order valence-corrected chi connectivity index (χ2v) is 4.35. The van der Waals surface area contributed by atoms with Gasteiger partial charge in [0.2, 0.25) is 0 Å². The Labute approximate surface area is 95.3 Å². The van der Waals surface area contributed by atoms with Crippen LogP contribution in [0.3, 0.4) is 0 Å². The van der Waals surface area contributed by atoms with Crippen LogP contribution < -0.4 is 5.32 Å². The summed E-state index contributed by atoms with van der Waals surface area (Å²) in [6.45, 7) is 3.30. The molecule has 0 aliphatic carbocycles. The molecule has 0 saturated heterocycles. The molecule has 82 valence electrons. The minimum absolute atomic E-state index is 0.454. The predicted molar refractivity (Wildman–Crippen MR) is 64.3 cm³/mol. The molecule has 1 unspecified atom stereocenters. The van der Waals surface area contributed by atoms with Crippen LogP contribution in [0.5, 0.6) is 0 Å². The van der Waals surface area contributed by atoms with E-state index in [1.807, 2.05) is 6.07 Å². The molecule has 0 fully saturated rings. The molecular formula is C14H15NO. The lowest BCUT2D eigenvalue weighted by Crippen LogP contribution is -2.27. The van der Waals surface area contributed by atoms with Crippen LogP contribution in [0.1, 0.15) is 24.1 Å². The molecule has 2 nitrogen and oxygen atoms in total. The molecule has 0 bridgehead atoms. The third-order valence-electron chi connectivity index (χ3n) is 3.31. The Balaban J connectivity index is 2.07. The average Bonchev–Trinajstić information content (AvgIpc) is 2.83. The summed E-state index contributed by atoms with van der Waals surface area (Å²) in [6.07, 6.45) is 4.64. The first-order valence-electron chi connectivity index (χ1n) is 5.73. The van der Waals surface area contributed by atoms with Crippen molar-refractivity contribution in [3.05, 3.63) is 47.9 Å². The first-order chi connectivity index (χ1) is 7.84. The van der Waals surface area contributed by atoms with Gasteiger partial charge in [0.15, 0.2) is 0 Å². The minimum atomic E-state index is 0.454. The van der Waals surface area contributed by atoms with Gasteiger partial charge in [0.25, 0.3) is 0 Å². The first-order valence-corrected chi connectivity index (χ1v) is 5.73. The van der Waals surface area contributed by atoms with E-state index in [1.165, 1.54) is 16.7 Å². The molecule has 16 heavy (non-hydrogen) atoms. The smallest absolute Gasteiger partial charge is 0.0980 e. The molecule has 1 aliphatic heterocycles. The predicted octanol–water partition coefficient (Wildman–Crippen LogP) is 3.15. The molecule has 1 aliphatic rings. The first kappa shape index (κ1) is 9.67. The number of rotatable bonds is 1. The maximum Gasteiger partial charge on any atom is 0.0980 e. The molecule has 1 aromatic heterocycles. The summed E-state index contributed by atoms with van der Waals surface area (Å²) in [4.78, 5) is 0. The summed E-state index contributed by atoms with van der Waals surface area (Å²) in [5, 5.41) is 3.49. The largest absolute Gasteiger partial charge is 0.472 e. The van der Waals surface area contributed by atoms with Gasteiger partial charge < -0.3 is 9.73 Å². The molecule has 0 saturated carbocycles. The van der Waals surface area contributed by atoms with Crippen LogP contribution in [0.2, 0.25) is 0 Å². The standard InChI is InChI=1S/C14H15NO/c1-10-14-8-12(13-5-7-16-9-13)3-2-11(14)4-6-15-10/h2-3,5,7-10,15H,4,6H2,1H3. The van der Waals surface area contributed by atoms with Gasteiger partial charge in [-0.1, -0.05) is 12.1 Å². The van der Waals surface area contributed by atoms with Crippen molar-refractivity contribution in [2.75, 3.05) is 6.54 Å². The Morgan fingerprint density at radius 2 is 2.19 bits per heavy atom. The Morgan fingerprint density at radius 3 is 3.00 bits per heavy atom. The highest BCUT2D eigenvalue weighted by Crippen LogP contribution is 2.28. The minimum Gasteiger partial charge on any atom is -0.472 e. The van der Waals surface area contributed by atoms with E-state index < -0.39 is 0 Å². The van der Waals surface area contributed by atoms with Gasteiger partial charge in [-0.2, -0.15) is 0 Å². The summed E-state index contributed by atoms with van der Waals surface area (Å²) in [5.74, 6) is 0. The number of nitrogens with one attached hydrogen (secondary N) is 1. The Bertz CT molecular complexity index is 487. The second kappa shape index (κ2) is 3.80. The van der Waals surface area contributed by atoms with E-state index in [1.54, 1.807) is 12.5 Å². The highest BCUT2D eigenvalue weighted by Gasteiger charge is 2.16. The molecule has 1 N–H and O–H groups in total. The van der Waals surface area contributed by atoms with Crippen molar-refractivity contribution in [1.82, 2.24) is 5.32 Å². The van der Waals surface area contributed by atoms with Gasteiger partial charge >= 0.3 is 0 Å². The van der Waals surface area contributed by atoms with E-state index >= 15 is 0 Å². The number of hydrogen-bond acceptors (Lipinski definition) is 2. The molecular weight excluding hydrogens is 198 g/mol. The highest BCUT2D eigenvalue weighted by molar-refractivity contribution is 5.64. The zero-order chi connectivity index (χ0) is 11.0. The number of hydrogen-bond donors (Lipinski definition) is 1. The lowest BCUT2D eigenvalue weighted by Gasteiger charge is -2.24. The monoisotopic (exact) mass is 213 g/mol. The summed E-state index contributed by atoms with van der Waals surface area (Å²) >= 11 is 0. The van der Waals surface area contributed by atoms with Crippen LogP contribution in [-0.4, -0.2) is 6.54 Å². The fourth-order valence-corrected chi connectivity index (χ4v) is 2.37. The van der Waals surface area contributed by atoms with Gasteiger partial charge in [-0.3, -0.25) is 0 Å². The van der Waals surface area contributed by atoms with Crippen LogP contribution in [0.25, 0.3) is 11.1 Å². The van der Waals surface area contributed by atoms with Crippen molar-refractivity contribution in [3.8, 4) is 11.1 Å². The van der Waals surface area contributed by atoms with Gasteiger partial charge in [0, 0.05) is 11.6 Å². The van der Waals surface area contributed by atoms with Crippen LogP contribution in [0.15, 0.2) is 41.2 Å². The van der Waals surface area contributed by atoms with Crippen molar-refractivity contribution >= 4 is 0 Å². The van der Waals surface area contributed by atoms with Crippen molar-refractivity contribution in [2.45, 2.75) is 19.4 Å².